The van der Waals surface area contributed by atoms with Crippen molar-refractivity contribution in [2.45, 2.75) is 20.0 Å². The first-order valence-electron chi connectivity index (χ1n) is 8.48. The van der Waals surface area contributed by atoms with Gasteiger partial charge in [0.2, 0.25) is 5.95 Å². The Balaban J connectivity index is 1.72. The Bertz CT molecular complexity index is 1020. The smallest absolute Gasteiger partial charge is 0.229 e. The number of rotatable bonds is 5. The maximum Gasteiger partial charge on any atom is 0.229 e. The van der Waals surface area contributed by atoms with Crippen LogP contribution in [0.15, 0.2) is 55.0 Å². The molecule has 7 nitrogen and oxygen atoms in total. The summed E-state index contributed by atoms with van der Waals surface area (Å²) in [5.41, 5.74) is 10.2. The average molecular weight is 345 g/mol. The molecule has 0 saturated heterocycles. The maximum absolute atomic E-state index is 5.64. The Hall–Kier alpha value is -3.32. The summed E-state index contributed by atoms with van der Waals surface area (Å²) < 4.78 is 2.08. The number of nitrogens with zero attached hydrogens (tertiary/aromatic N) is 5. The second kappa shape index (κ2) is 6.89. The SMILES string of the molecule is CCn1c(-c2ccncc2)nc2cnc(Nc3ccc(CN)cc3)nc21. The zero-order valence-electron chi connectivity index (χ0n) is 14.4. The summed E-state index contributed by atoms with van der Waals surface area (Å²) in [6.45, 7) is 3.36. The Morgan fingerprint density at radius 1 is 1.04 bits per heavy atom. The molecule has 0 aliphatic heterocycles. The molecule has 0 fully saturated rings. The molecule has 0 radical (unpaired) electrons. The van der Waals surface area contributed by atoms with Crippen LogP contribution in [0.2, 0.25) is 0 Å². The number of nitrogens with two attached hydrogens (primary N) is 1. The predicted octanol–water partition coefficient (Wildman–Crippen LogP) is 3.11. The molecule has 130 valence electrons. The molecule has 4 aromatic rings. The predicted molar refractivity (Wildman–Crippen MR) is 102 cm³/mol. The van der Waals surface area contributed by atoms with Crippen LogP contribution in [0.5, 0.6) is 0 Å². The third-order valence-electron chi connectivity index (χ3n) is 4.19. The quantitative estimate of drug-likeness (QED) is 0.577. The topological polar surface area (TPSA) is 94.5 Å². The molecule has 0 amide bonds. The summed E-state index contributed by atoms with van der Waals surface area (Å²) in [4.78, 5) is 17.8. The Morgan fingerprint density at radius 3 is 2.50 bits per heavy atom. The zero-order valence-corrected chi connectivity index (χ0v) is 14.4. The van der Waals surface area contributed by atoms with Gasteiger partial charge in [0, 0.05) is 36.7 Å². The van der Waals surface area contributed by atoms with E-state index in [0.717, 1.165) is 40.3 Å². The minimum atomic E-state index is 0.524. The van der Waals surface area contributed by atoms with Crippen LogP contribution < -0.4 is 11.1 Å². The molecule has 0 atom stereocenters. The lowest BCUT2D eigenvalue weighted by atomic mass is 10.2. The number of anilines is 2. The number of pyridine rings is 1. The summed E-state index contributed by atoms with van der Waals surface area (Å²) in [5.74, 6) is 1.40. The second-order valence-electron chi connectivity index (χ2n) is 5.84. The number of aromatic nitrogens is 5. The van der Waals surface area contributed by atoms with Crippen LogP contribution in [0.25, 0.3) is 22.6 Å². The number of hydrogen-bond donors (Lipinski definition) is 2. The van der Waals surface area contributed by atoms with Crippen LogP contribution in [-0.2, 0) is 13.1 Å². The molecule has 26 heavy (non-hydrogen) atoms. The largest absolute Gasteiger partial charge is 0.326 e. The molecule has 0 aliphatic carbocycles. The molecule has 0 aliphatic rings. The van der Waals surface area contributed by atoms with Crippen molar-refractivity contribution >= 4 is 22.8 Å². The fourth-order valence-electron chi connectivity index (χ4n) is 2.85. The highest BCUT2D eigenvalue weighted by molar-refractivity contribution is 5.77. The highest BCUT2D eigenvalue weighted by atomic mass is 15.2. The molecule has 1 aromatic carbocycles. The van der Waals surface area contributed by atoms with Gasteiger partial charge >= 0.3 is 0 Å². The van der Waals surface area contributed by atoms with Crippen LogP contribution in [0, 0.1) is 0 Å². The fraction of sp³-hybridized carbons (Fsp3) is 0.158. The van der Waals surface area contributed by atoms with E-state index < -0.39 is 0 Å². The van der Waals surface area contributed by atoms with Crippen LogP contribution in [0.3, 0.4) is 0 Å². The van der Waals surface area contributed by atoms with Gasteiger partial charge in [-0.1, -0.05) is 12.1 Å². The lowest BCUT2D eigenvalue weighted by Crippen LogP contribution is -2.02. The summed E-state index contributed by atoms with van der Waals surface area (Å²) in [6, 6.07) is 11.8. The molecular weight excluding hydrogens is 326 g/mol. The van der Waals surface area contributed by atoms with Crippen molar-refractivity contribution in [1.82, 2.24) is 24.5 Å². The van der Waals surface area contributed by atoms with E-state index in [1.54, 1.807) is 18.6 Å². The normalized spacial score (nSPS) is 11.0. The molecule has 0 bridgehead atoms. The van der Waals surface area contributed by atoms with Gasteiger partial charge in [0.15, 0.2) is 5.65 Å². The summed E-state index contributed by atoms with van der Waals surface area (Å²) in [6.07, 6.45) is 5.27. The lowest BCUT2D eigenvalue weighted by molar-refractivity contribution is 0.786. The minimum Gasteiger partial charge on any atom is -0.326 e. The van der Waals surface area contributed by atoms with Gasteiger partial charge in [-0.25, -0.2) is 9.97 Å². The van der Waals surface area contributed by atoms with Crippen molar-refractivity contribution in [2.75, 3.05) is 5.32 Å². The highest BCUT2D eigenvalue weighted by Gasteiger charge is 2.14. The molecule has 0 spiro atoms. The molecule has 3 aromatic heterocycles. The summed E-state index contributed by atoms with van der Waals surface area (Å²) >= 11 is 0. The first-order chi connectivity index (χ1) is 12.8. The second-order valence-corrected chi connectivity index (χ2v) is 5.84. The molecule has 3 heterocycles. The van der Waals surface area contributed by atoms with Crippen LogP contribution >= 0.6 is 0 Å². The first-order valence-corrected chi connectivity index (χ1v) is 8.48. The van der Waals surface area contributed by atoms with Gasteiger partial charge in [-0.2, -0.15) is 4.98 Å². The number of hydrogen-bond acceptors (Lipinski definition) is 6. The van der Waals surface area contributed by atoms with E-state index in [2.05, 4.69) is 31.8 Å². The Kier molecular flexibility index (Phi) is 4.28. The number of imidazole rings is 1. The van der Waals surface area contributed by atoms with E-state index in [1.807, 2.05) is 36.4 Å². The third kappa shape index (κ3) is 3.00. The van der Waals surface area contributed by atoms with Gasteiger partial charge in [-0.15, -0.1) is 0 Å². The zero-order chi connectivity index (χ0) is 17.9. The fourth-order valence-corrected chi connectivity index (χ4v) is 2.85. The standard InChI is InChI=1S/C19H19N7/c1-2-26-17(14-7-9-21-10-8-14)24-16-12-22-19(25-18(16)26)23-15-5-3-13(11-20)4-6-15/h3-10,12H,2,11,20H2,1H3,(H,22,23,25). The molecule has 0 unspecified atom stereocenters. The van der Waals surface area contributed by atoms with E-state index in [-0.39, 0.29) is 0 Å². The number of benzene rings is 1. The van der Waals surface area contributed by atoms with E-state index in [1.165, 1.54) is 0 Å². The third-order valence-corrected chi connectivity index (χ3v) is 4.19. The Morgan fingerprint density at radius 2 is 1.81 bits per heavy atom. The van der Waals surface area contributed by atoms with Gasteiger partial charge in [0.25, 0.3) is 0 Å². The number of nitrogens with one attached hydrogen (secondary N) is 1. The average Bonchev–Trinajstić information content (AvgIpc) is 3.07. The van der Waals surface area contributed by atoms with Gasteiger partial charge in [-0.05, 0) is 36.8 Å². The highest BCUT2D eigenvalue weighted by Crippen LogP contribution is 2.24. The number of aryl methyl sites for hydroxylation is 1. The van der Waals surface area contributed by atoms with Gasteiger partial charge in [0.05, 0.1) is 6.20 Å². The van der Waals surface area contributed by atoms with E-state index in [4.69, 9.17) is 10.7 Å². The first kappa shape index (κ1) is 16.2. The monoisotopic (exact) mass is 345 g/mol. The van der Waals surface area contributed by atoms with Gasteiger partial charge in [0.1, 0.15) is 11.3 Å². The molecular formula is C19H19N7. The van der Waals surface area contributed by atoms with Crippen LogP contribution in [0.1, 0.15) is 12.5 Å². The molecule has 3 N–H and O–H groups in total. The van der Waals surface area contributed by atoms with Crippen molar-refractivity contribution in [3.8, 4) is 11.4 Å². The van der Waals surface area contributed by atoms with E-state index >= 15 is 0 Å². The van der Waals surface area contributed by atoms with Crippen LogP contribution in [-0.4, -0.2) is 24.5 Å². The van der Waals surface area contributed by atoms with E-state index in [9.17, 15) is 0 Å². The molecule has 0 saturated carbocycles. The molecule has 4 rings (SSSR count). The van der Waals surface area contributed by atoms with Gasteiger partial charge < -0.3 is 15.6 Å². The van der Waals surface area contributed by atoms with Crippen molar-refractivity contribution in [2.24, 2.45) is 5.73 Å². The van der Waals surface area contributed by atoms with Crippen molar-refractivity contribution in [1.29, 1.82) is 0 Å². The lowest BCUT2D eigenvalue weighted by Gasteiger charge is -2.07. The van der Waals surface area contributed by atoms with Crippen molar-refractivity contribution < 1.29 is 0 Å². The Labute approximate surface area is 151 Å². The van der Waals surface area contributed by atoms with E-state index in [0.29, 0.717) is 12.5 Å². The van der Waals surface area contributed by atoms with Crippen molar-refractivity contribution in [3.63, 3.8) is 0 Å². The maximum atomic E-state index is 5.64. The van der Waals surface area contributed by atoms with Crippen LogP contribution in [0.4, 0.5) is 11.6 Å². The van der Waals surface area contributed by atoms with Crippen molar-refractivity contribution in [3.05, 3.63) is 60.6 Å². The number of fused-ring (bicyclic) bond motifs is 1. The summed E-state index contributed by atoms with van der Waals surface area (Å²) in [5, 5.41) is 3.23. The summed E-state index contributed by atoms with van der Waals surface area (Å²) in [7, 11) is 0. The minimum absolute atomic E-state index is 0.524. The van der Waals surface area contributed by atoms with Gasteiger partial charge in [-0.3, -0.25) is 4.98 Å². The molecule has 7 heteroatoms.